The quantitative estimate of drug-likeness (QED) is 0.403. The van der Waals surface area contributed by atoms with E-state index in [1.54, 1.807) is 0 Å². The molecule has 14 heavy (non-hydrogen) atoms. The van der Waals surface area contributed by atoms with E-state index in [1.807, 2.05) is 0 Å². The topological polar surface area (TPSA) is 26.3 Å². The Labute approximate surface area is 93.5 Å². The van der Waals surface area contributed by atoms with Crippen LogP contribution in [0.1, 0.15) is 15.9 Å². The molecule has 0 spiro atoms. The van der Waals surface area contributed by atoms with Crippen molar-refractivity contribution in [3.05, 3.63) is 32.0 Å². The van der Waals surface area contributed by atoms with Crippen molar-refractivity contribution < 1.29 is 13.9 Å². The molecule has 0 aromatic heterocycles. The Morgan fingerprint density at radius 3 is 2.43 bits per heavy atom. The Hall–Kier alpha value is -0.510. The first-order chi connectivity index (χ1) is 6.54. The number of carbonyl (C=O) groups excluding carboxylic acids is 1. The van der Waals surface area contributed by atoms with Crippen LogP contribution in [-0.4, -0.2) is 5.97 Å². The first-order valence-corrected chi connectivity index (χ1v) is 4.69. The van der Waals surface area contributed by atoms with E-state index >= 15 is 0 Å². The summed E-state index contributed by atoms with van der Waals surface area (Å²) in [6.07, 6.45) is 0. The Kier molecular flexibility index (Phi) is 2.33. The van der Waals surface area contributed by atoms with Gasteiger partial charge >= 0.3 is 5.97 Å². The number of hydrogen-bond acceptors (Lipinski definition) is 2. The predicted octanol–water partition coefficient (Wildman–Crippen LogP) is 3.46. The van der Waals surface area contributed by atoms with Gasteiger partial charge in [0.25, 0.3) is 0 Å². The summed E-state index contributed by atoms with van der Waals surface area (Å²) in [4.78, 5) is 11.1. The van der Waals surface area contributed by atoms with Crippen LogP contribution < -0.4 is 0 Å². The van der Waals surface area contributed by atoms with E-state index in [0.29, 0.717) is 0 Å². The SMILES string of the molecule is O=C1OCc2c(Cl)c(Cl)c(Cl)c(F)c21. The minimum Gasteiger partial charge on any atom is -0.457 e. The van der Waals surface area contributed by atoms with Gasteiger partial charge in [-0.1, -0.05) is 34.8 Å². The van der Waals surface area contributed by atoms with Crippen LogP contribution in [0, 0.1) is 5.82 Å². The maximum atomic E-state index is 13.4. The molecule has 1 aliphatic rings. The summed E-state index contributed by atoms with van der Waals surface area (Å²) < 4.78 is 18.0. The summed E-state index contributed by atoms with van der Waals surface area (Å²) in [7, 11) is 0. The highest BCUT2D eigenvalue weighted by atomic mass is 35.5. The smallest absolute Gasteiger partial charge is 0.341 e. The molecule has 0 saturated carbocycles. The molecule has 2 nitrogen and oxygen atoms in total. The van der Waals surface area contributed by atoms with Gasteiger partial charge in [0.05, 0.1) is 15.1 Å². The molecule has 1 aromatic rings. The summed E-state index contributed by atoms with van der Waals surface area (Å²) in [6, 6.07) is 0. The van der Waals surface area contributed by atoms with Crippen LogP contribution in [0.4, 0.5) is 4.39 Å². The molecule has 0 aliphatic carbocycles. The highest BCUT2D eigenvalue weighted by Crippen LogP contribution is 2.40. The second-order valence-electron chi connectivity index (χ2n) is 2.69. The van der Waals surface area contributed by atoms with Gasteiger partial charge in [-0.15, -0.1) is 0 Å². The lowest BCUT2D eigenvalue weighted by molar-refractivity contribution is 0.0532. The Bertz CT molecular complexity index is 445. The van der Waals surface area contributed by atoms with Crippen molar-refractivity contribution in [3.63, 3.8) is 0 Å². The fraction of sp³-hybridized carbons (Fsp3) is 0.125. The van der Waals surface area contributed by atoms with Gasteiger partial charge in [-0.2, -0.15) is 0 Å². The molecule has 0 N–H and O–H groups in total. The average Bonchev–Trinajstić information content (AvgIpc) is 2.54. The number of hydrogen-bond donors (Lipinski definition) is 0. The molecule has 0 atom stereocenters. The van der Waals surface area contributed by atoms with E-state index in [1.165, 1.54) is 0 Å². The summed E-state index contributed by atoms with van der Waals surface area (Å²) in [5.41, 5.74) is 0.0352. The zero-order valence-corrected chi connectivity index (χ0v) is 8.80. The van der Waals surface area contributed by atoms with Crippen molar-refractivity contribution in [2.24, 2.45) is 0 Å². The molecule has 0 amide bonds. The third kappa shape index (κ3) is 1.20. The van der Waals surface area contributed by atoms with Crippen LogP contribution in [0.15, 0.2) is 0 Å². The number of carbonyl (C=O) groups is 1. The molecule has 2 rings (SSSR count). The maximum absolute atomic E-state index is 13.4. The van der Waals surface area contributed by atoms with E-state index in [4.69, 9.17) is 34.8 Å². The van der Waals surface area contributed by atoms with Crippen molar-refractivity contribution >= 4 is 40.8 Å². The molecule has 0 bridgehead atoms. The van der Waals surface area contributed by atoms with Crippen LogP contribution in [0.25, 0.3) is 0 Å². The van der Waals surface area contributed by atoms with E-state index < -0.39 is 11.8 Å². The minimum absolute atomic E-state index is 0.0684. The number of cyclic esters (lactones) is 1. The van der Waals surface area contributed by atoms with Gasteiger partial charge in [-0.05, 0) is 0 Å². The third-order valence-electron chi connectivity index (χ3n) is 1.92. The second kappa shape index (κ2) is 3.26. The Balaban J connectivity index is 2.84. The maximum Gasteiger partial charge on any atom is 0.341 e. The highest BCUT2D eigenvalue weighted by molar-refractivity contribution is 6.48. The third-order valence-corrected chi connectivity index (χ3v) is 3.26. The van der Waals surface area contributed by atoms with Gasteiger partial charge in [0, 0.05) is 5.56 Å². The van der Waals surface area contributed by atoms with Crippen LogP contribution >= 0.6 is 34.8 Å². The first-order valence-electron chi connectivity index (χ1n) is 3.56. The zero-order valence-electron chi connectivity index (χ0n) is 6.54. The summed E-state index contributed by atoms with van der Waals surface area (Å²) in [5.74, 6) is -1.64. The predicted molar refractivity (Wildman–Crippen MR) is 50.5 cm³/mol. The van der Waals surface area contributed by atoms with E-state index in [2.05, 4.69) is 4.74 Å². The zero-order chi connectivity index (χ0) is 10.5. The van der Waals surface area contributed by atoms with Crippen molar-refractivity contribution in [3.8, 4) is 0 Å². The molecule has 0 radical (unpaired) electrons. The van der Waals surface area contributed by atoms with Gasteiger partial charge in [0.15, 0.2) is 5.82 Å². The molecule has 6 heteroatoms. The van der Waals surface area contributed by atoms with Crippen LogP contribution in [0.3, 0.4) is 0 Å². The second-order valence-corrected chi connectivity index (χ2v) is 3.82. The molecule has 1 aromatic carbocycles. The number of halogens is 4. The van der Waals surface area contributed by atoms with E-state index in [-0.39, 0.29) is 32.8 Å². The van der Waals surface area contributed by atoms with E-state index in [0.717, 1.165) is 0 Å². The number of benzene rings is 1. The van der Waals surface area contributed by atoms with E-state index in [9.17, 15) is 9.18 Å². The molecule has 0 saturated heterocycles. The molecule has 1 heterocycles. The fourth-order valence-electron chi connectivity index (χ4n) is 1.24. The lowest BCUT2D eigenvalue weighted by Gasteiger charge is -2.04. The number of fused-ring (bicyclic) bond motifs is 1. The highest BCUT2D eigenvalue weighted by Gasteiger charge is 2.31. The number of rotatable bonds is 0. The van der Waals surface area contributed by atoms with Crippen molar-refractivity contribution in [1.29, 1.82) is 0 Å². The minimum atomic E-state index is -0.876. The molecular formula is C8H2Cl3FO2. The summed E-state index contributed by atoms with van der Waals surface area (Å²) in [5, 5.41) is -0.379. The number of esters is 1. The fourth-order valence-corrected chi connectivity index (χ4v) is 1.91. The van der Waals surface area contributed by atoms with Gasteiger partial charge in [0.2, 0.25) is 0 Å². The largest absolute Gasteiger partial charge is 0.457 e. The lowest BCUT2D eigenvalue weighted by atomic mass is 10.1. The first kappa shape index (κ1) is 10.0. The van der Waals surface area contributed by atoms with Crippen LogP contribution in [0.2, 0.25) is 15.1 Å². The molecule has 0 unspecified atom stereocenters. The Morgan fingerprint density at radius 1 is 1.14 bits per heavy atom. The summed E-state index contributed by atoms with van der Waals surface area (Å²) in [6.45, 7) is -0.0686. The standard InChI is InChI=1S/C8H2Cl3FO2/c9-4-2-1-14-8(13)3(2)7(12)6(11)5(4)10/h1H2. The van der Waals surface area contributed by atoms with Gasteiger partial charge in [-0.3, -0.25) is 0 Å². The summed E-state index contributed by atoms with van der Waals surface area (Å²) >= 11 is 16.9. The van der Waals surface area contributed by atoms with Gasteiger partial charge in [0.1, 0.15) is 12.2 Å². The van der Waals surface area contributed by atoms with Gasteiger partial charge in [-0.25, -0.2) is 9.18 Å². The Morgan fingerprint density at radius 2 is 1.79 bits per heavy atom. The van der Waals surface area contributed by atoms with Crippen molar-refractivity contribution in [2.45, 2.75) is 6.61 Å². The molecule has 1 aliphatic heterocycles. The average molecular weight is 255 g/mol. The molecule has 0 fully saturated rings. The van der Waals surface area contributed by atoms with Crippen molar-refractivity contribution in [2.75, 3.05) is 0 Å². The van der Waals surface area contributed by atoms with Crippen molar-refractivity contribution in [1.82, 2.24) is 0 Å². The molecular weight excluding hydrogens is 253 g/mol. The van der Waals surface area contributed by atoms with Crippen LogP contribution in [0.5, 0.6) is 0 Å². The molecule has 74 valence electrons. The van der Waals surface area contributed by atoms with Crippen LogP contribution in [-0.2, 0) is 11.3 Å². The van der Waals surface area contributed by atoms with Gasteiger partial charge < -0.3 is 4.74 Å². The lowest BCUT2D eigenvalue weighted by Crippen LogP contribution is -1.99. The normalized spacial score (nSPS) is 14.1. The number of ether oxygens (including phenoxy) is 1. The monoisotopic (exact) mass is 254 g/mol.